The molecule has 0 unspecified atom stereocenters. The van der Waals surface area contributed by atoms with Crippen LogP contribution in [0.15, 0.2) is 41.4 Å². The third kappa shape index (κ3) is 5.44. The number of hydrogen-bond acceptors (Lipinski definition) is 5. The van der Waals surface area contributed by atoms with Crippen molar-refractivity contribution in [3.8, 4) is 0 Å². The van der Waals surface area contributed by atoms with E-state index < -0.39 is 0 Å². The van der Waals surface area contributed by atoms with Gasteiger partial charge in [-0.2, -0.15) is 0 Å². The maximum Gasteiger partial charge on any atom is 0.232 e. The minimum atomic E-state index is -0.175. The fourth-order valence-corrected chi connectivity index (χ4v) is 3.47. The fraction of sp³-hybridized carbons (Fsp3) is 0.333. The van der Waals surface area contributed by atoms with Gasteiger partial charge in [-0.05, 0) is 42.7 Å². The van der Waals surface area contributed by atoms with E-state index >= 15 is 0 Å². The van der Waals surface area contributed by atoms with E-state index in [1.165, 1.54) is 11.8 Å². The number of aromatic nitrogens is 2. The minimum Gasteiger partial charge on any atom is -0.342 e. The number of thioether (sulfide) groups is 1. The number of amides is 2. The number of hydrogen-bond donors (Lipinski definition) is 1. The maximum absolute atomic E-state index is 12.0. The molecule has 1 fully saturated rings. The van der Waals surface area contributed by atoms with Gasteiger partial charge in [-0.15, -0.1) is 10.2 Å². The van der Waals surface area contributed by atoms with E-state index in [-0.39, 0.29) is 18.2 Å². The first-order valence-electron chi connectivity index (χ1n) is 8.39. The molecule has 3 rings (SSSR count). The van der Waals surface area contributed by atoms with Crippen molar-refractivity contribution >= 4 is 41.0 Å². The average Bonchev–Trinajstić information content (AvgIpc) is 3.17. The standard InChI is InChI=1S/C18H19ClN4O2S/c19-14-5-3-13(4-6-14)11-16(24)20-15-7-8-17(22-21-15)26-12-18(25)23-9-1-2-10-23/h3-8H,1-2,9-12H2,(H,20,21,24). The maximum atomic E-state index is 12.0. The van der Waals surface area contributed by atoms with Crippen LogP contribution in [-0.4, -0.2) is 45.8 Å². The van der Waals surface area contributed by atoms with E-state index in [2.05, 4.69) is 15.5 Å². The van der Waals surface area contributed by atoms with Crippen molar-refractivity contribution in [1.82, 2.24) is 15.1 Å². The van der Waals surface area contributed by atoms with Crippen LogP contribution >= 0.6 is 23.4 Å². The van der Waals surface area contributed by atoms with Crippen molar-refractivity contribution in [1.29, 1.82) is 0 Å². The van der Waals surface area contributed by atoms with Gasteiger partial charge in [-0.1, -0.05) is 35.5 Å². The van der Waals surface area contributed by atoms with Crippen LogP contribution in [0.4, 0.5) is 5.82 Å². The third-order valence-electron chi connectivity index (χ3n) is 3.99. The van der Waals surface area contributed by atoms with E-state index in [1.54, 1.807) is 24.3 Å². The number of carbonyl (C=O) groups is 2. The van der Waals surface area contributed by atoms with Gasteiger partial charge in [0.05, 0.1) is 12.2 Å². The first-order valence-corrected chi connectivity index (χ1v) is 9.75. The highest BCUT2D eigenvalue weighted by Gasteiger charge is 2.18. The highest BCUT2D eigenvalue weighted by molar-refractivity contribution is 7.99. The molecule has 6 nitrogen and oxygen atoms in total. The second-order valence-electron chi connectivity index (χ2n) is 5.98. The highest BCUT2D eigenvalue weighted by Crippen LogP contribution is 2.18. The van der Waals surface area contributed by atoms with Gasteiger partial charge in [0.25, 0.3) is 0 Å². The van der Waals surface area contributed by atoms with Crippen LogP contribution in [0.2, 0.25) is 5.02 Å². The number of anilines is 1. The minimum absolute atomic E-state index is 0.134. The molecule has 1 aromatic carbocycles. The molecule has 8 heteroatoms. The van der Waals surface area contributed by atoms with Gasteiger partial charge in [0.2, 0.25) is 11.8 Å². The van der Waals surface area contributed by atoms with Crippen LogP contribution in [0.3, 0.4) is 0 Å². The molecule has 1 N–H and O–H groups in total. The molecule has 1 aromatic heterocycles. The Hall–Kier alpha value is -2.12. The van der Waals surface area contributed by atoms with Gasteiger partial charge < -0.3 is 10.2 Å². The van der Waals surface area contributed by atoms with E-state index in [1.807, 2.05) is 17.0 Å². The lowest BCUT2D eigenvalue weighted by Gasteiger charge is -2.14. The molecule has 0 saturated carbocycles. The van der Waals surface area contributed by atoms with Crippen molar-refractivity contribution in [2.75, 3.05) is 24.2 Å². The number of nitrogens with zero attached hydrogens (tertiary/aromatic N) is 3. The van der Waals surface area contributed by atoms with E-state index in [9.17, 15) is 9.59 Å². The molecule has 136 valence electrons. The lowest BCUT2D eigenvalue weighted by Crippen LogP contribution is -2.29. The summed E-state index contributed by atoms with van der Waals surface area (Å²) in [6.45, 7) is 1.70. The fourth-order valence-electron chi connectivity index (χ4n) is 2.63. The molecule has 0 atom stereocenters. The Bertz CT molecular complexity index is 762. The molecule has 2 amide bonds. The smallest absolute Gasteiger partial charge is 0.232 e. The van der Waals surface area contributed by atoms with Crippen molar-refractivity contribution in [2.24, 2.45) is 0 Å². The van der Waals surface area contributed by atoms with Gasteiger partial charge >= 0.3 is 0 Å². The summed E-state index contributed by atoms with van der Waals surface area (Å²) < 4.78 is 0. The van der Waals surface area contributed by atoms with Gasteiger partial charge in [-0.25, -0.2) is 0 Å². The summed E-state index contributed by atoms with van der Waals surface area (Å²) in [6.07, 6.45) is 2.40. The van der Waals surface area contributed by atoms with Crippen LogP contribution in [0.1, 0.15) is 18.4 Å². The summed E-state index contributed by atoms with van der Waals surface area (Å²) in [5, 5.41) is 12.1. The average molecular weight is 391 g/mol. The predicted molar refractivity (Wildman–Crippen MR) is 102 cm³/mol. The third-order valence-corrected chi connectivity index (χ3v) is 5.14. The second-order valence-corrected chi connectivity index (χ2v) is 7.42. The number of benzene rings is 1. The van der Waals surface area contributed by atoms with Crippen LogP contribution in [0, 0.1) is 0 Å². The summed E-state index contributed by atoms with van der Waals surface area (Å²) in [5.74, 6) is 0.705. The van der Waals surface area contributed by atoms with Gasteiger partial charge in [-0.3, -0.25) is 9.59 Å². The molecule has 26 heavy (non-hydrogen) atoms. The summed E-state index contributed by atoms with van der Waals surface area (Å²) in [4.78, 5) is 25.9. The zero-order valence-corrected chi connectivity index (χ0v) is 15.7. The normalized spacial score (nSPS) is 13.7. The van der Waals surface area contributed by atoms with E-state index in [4.69, 9.17) is 11.6 Å². The number of halogens is 1. The Balaban J connectivity index is 1.46. The van der Waals surface area contributed by atoms with Gasteiger partial charge in [0, 0.05) is 18.1 Å². The molecule has 1 saturated heterocycles. The predicted octanol–water partition coefficient (Wildman–Crippen LogP) is 3.03. The topological polar surface area (TPSA) is 75.2 Å². The molecule has 1 aliphatic rings. The van der Waals surface area contributed by atoms with Crippen molar-refractivity contribution < 1.29 is 9.59 Å². The SMILES string of the molecule is O=C(Cc1ccc(Cl)cc1)Nc1ccc(SCC(=O)N2CCCC2)nn1. The Morgan fingerprint density at radius 3 is 2.46 bits per heavy atom. The first-order chi connectivity index (χ1) is 12.6. The number of nitrogens with one attached hydrogen (secondary N) is 1. The molecule has 2 heterocycles. The zero-order chi connectivity index (χ0) is 18.4. The Kier molecular flexibility index (Phi) is 6.46. The quantitative estimate of drug-likeness (QED) is 0.767. The summed E-state index contributed by atoms with van der Waals surface area (Å²) in [6, 6.07) is 10.6. The second kappa shape index (κ2) is 9.00. The Morgan fingerprint density at radius 2 is 1.81 bits per heavy atom. The lowest BCUT2D eigenvalue weighted by atomic mass is 10.1. The molecule has 2 aromatic rings. The molecule has 1 aliphatic heterocycles. The Morgan fingerprint density at radius 1 is 1.08 bits per heavy atom. The highest BCUT2D eigenvalue weighted by atomic mass is 35.5. The monoisotopic (exact) mass is 390 g/mol. The molecular formula is C18H19ClN4O2S. The number of rotatable bonds is 6. The molecule has 0 bridgehead atoms. The van der Waals surface area contributed by atoms with Crippen LogP contribution < -0.4 is 5.32 Å². The largest absolute Gasteiger partial charge is 0.342 e. The van der Waals surface area contributed by atoms with Crippen molar-refractivity contribution in [3.63, 3.8) is 0 Å². The van der Waals surface area contributed by atoms with Gasteiger partial charge in [0.15, 0.2) is 5.82 Å². The van der Waals surface area contributed by atoms with Crippen molar-refractivity contribution in [2.45, 2.75) is 24.3 Å². The molecule has 0 aliphatic carbocycles. The Labute approximate surface area is 161 Å². The van der Waals surface area contributed by atoms with Crippen LogP contribution in [0.25, 0.3) is 0 Å². The van der Waals surface area contributed by atoms with E-state index in [0.717, 1.165) is 31.5 Å². The number of carbonyl (C=O) groups excluding carboxylic acids is 2. The first kappa shape index (κ1) is 18.7. The summed E-state index contributed by atoms with van der Waals surface area (Å²) in [7, 11) is 0. The summed E-state index contributed by atoms with van der Waals surface area (Å²) >= 11 is 7.19. The number of likely N-dealkylation sites (tertiary alicyclic amines) is 1. The molecular weight excluding hydrogens is 372 g/mol. The zero-order valence-electron chi connectivity index (χ0n) is 14.2. The van der Waals surface area contributed by atoms with E-state index in [0.29, 0.717) is 21.6 Å². The molecule has 0 spiro atoms. The van der Waals surface area contributed by atoms with Gasteiger partial charge in [0.1, 0.15) is 5.03 Å². The summed E-state index contributed by atoms with van der Waals surface area (Å²) in [5.41, 5.74) is 0.868. The molecule has 0 radical (unpaired) electrons. The van der Waals surface area contributed by atoms with Crippen LogP contribution in [-0.2, 0) is 16.0 Å². The lowest BCUT2D eigenvalue weighted by molar-refractivity contribution is -0.127. The van der Waals surface area contributed by atoms with Crippen LogP contribution in [0.5, 0.6) is 0 Å². The van der Waals surface area contributed by atoms with Crippen molar-refractivity contribution in [3.05, 3.63) is 47.0 Å².